The number of thioether (sulfide) groups is 2. The molecule has 2 aliphatic rings. The van der Waals surface area contributed by atoms with Crippen molar-refractivity contribution in [3.63, 3.8) is 0 Å². The first-order valence-electron chi connectivity index (χ1n) is 13.1. The summed E-state index contributed by atoms with van der Waals surface area (Å²) in [6.07, 6.45) is 8.19. The van der Waals surface area contributed by atoms with Crippen molar-refractivity contribution in [3.05, 3.63) is 72.6 Å². The maximum absolute atomic E-state index is 13.5. The van der Waals surface area contributed by atoms with Crippen LogP contribution in [0.25, 0.3) is 21.8 Å². The number of hydrogen-bond donors (Lipinski definition) is 1. The maximum atomic E-state index is 13.5. The average Bonchev–Trinajstić information content (AvgIpc) is 2.89. The van der Waals surface area contributed by atoms with E-state index in [9.17, 15) is 23.5 Å². The average molecular weight is 583 g/mol. The van der Waals surface area contributed by atoms with Crippen molar-refractivity contribution in [1.82, 2.24) is 9.97 Å². The predicted octanol–water partition coefficient (Wildman–Crippen LogP) is 7.43. The van der Waals surface area contributed by atoms with E-state index in [1.54, 1.807) is 30.6 Å². The van der Waals surface area contributed by atoms with E-state index in [0.29, 0.717) is 30.4 Å². The molecule has 40 heavy (non-hydrogen) atoms. The number of rotatable bonds is 7. The van der Waals surface area contributed by atoms with E-state index < -0.39 is 15.5 Å². The molecule has 2 aromatic carbocycles. The molecule has 1 N–H and O–H groups in total. The molecule has 0 unspecified atom stereocenters. The molecule has 0 aliphatic heterocycles. The number of carbonyl (C=O) groups excluding carboxylic acids is 1. The van der Waals surface area contributed by atoms with Crippen LogP contribution >= 0.6 is 23.5 Å². The Morgan fingerprint density at radius 1 is 0.825 bits per heavy atom. The highest BCUT2D eigenvalue weighted by Gasteiger charge is 2.47. The van der Waals surface area contributed by atoms with Gasteiger partial charge < -0.3 is 9.84 Å². The van der Waals surface area contributed by atoms with Crippen LogP contribution in [-0.2, 0) is 14.3 Å². The Morgan fingerprint density at radius 3 is 1.70 bits per heavy atom. The van der Waals surface area contributed by atoms with Gasteiger partial charge in [0.2, 0.25) is 0 Å². The van der Waals surface area contributed by atoms with E-state index in [1.807, 2.05) is 13.0 Å². The maximum Gasteiger partial charge on any atom is 0.322 e. The Kier molecular flexibility index (Phi) is 8.28. The molecule has 6 nitrogen and oxygen atoms in total. The number of fused-ring (bicyclic) bond motifs is 2. The van der Waals surface area contributed by atoms with Crippen LogP contribution < -0.4 is 0 Å². The number of halogens is 2. The summed E-state index contributed by atoms with van der Waals surface area (Å²) in [6, 6.07) is 12.5. The highest BCUT2D eigenvalue weighted by atomic mass is 32.2. The SMILES string of the molecule is CCOC(=O)C1(Sc2ccnc3ccc(F)cc23)CCC1.O=C(O)C1(Sc2ccnc3ccc(F)cc23)CCC1. The summed E-state index contributed by atoms with van der Waals surface area (Å²) in [4.78, 5) is 33.7. The molecular formula is C30H28F2N2O4S2. The first-order valence-corrected chi connectivity index (χ1v) is 14.8. The number of benzene rings is 2. The van der Waals surface area contributed by atoms with Crippen molar-refractivity contribution >= 4 is 57.3 Å². The fraction of sp³-hybridized carbons (Fsp3) is 0.333. The minimum absolute atomic E-state index is 0.164. The fourth-order valence-electron chi connectivity index (χ4n) is 4.75. The number of nitrogens with zero attached hydrogens (tertiary/aromatic N) is 2. The molecule has 0 saturated heterocycles. The summed E-state index contributed by atoms with van der Waals surface area (Å²) in [5, 5.41) is 10.8. The molecule has 2 saturated carbocycles. The topological polar surface area (TPSA) is 89.4 Å². The largest absolute Gasteiger partial charge is 0.480 e. The third-order valence-corrected chi connectivity index (χ3v) is 10.4. The predicted molar refractivity (Wildman–Crippen MR) is 153 cm³/mol. The van der Waals surface area contributed by atoms with Gasteiger partial charge in [0.05, 0.1) is 17.6 Å². The van der Waals surface area contributed by atoms with Gasteiger partial charge in [-0.15, -0.1) is 23.5 Å². The molecule has 4 aromatic rings. The summed E-state index contributed by atoms with van der Waals surface area (Å²) in [5.41, 5.74) is 1.42. The van der Waals surface area contributed by atoms with E-state index >= 15 is 0 Å². The number of carboxylic acids is 1. The Morgan fingerprint density at radius 2 is 1.30 bits per heavy atom. The number of pyridine rings is 2. The molecule has 0 atom stereocenters. The molecular weight excluding hydrogens is 554 g/mol. The van der Waals surface area contributed by atoms with Crippen LogP contribution in [-0.4, -0.2) is 43.1 Å². The van der Waals surface area contributed by atoms with E-state index in [4.69, 9.17) is 4.74 Å². The zero-order valence-electron chi connectivity index (χ0n) is 21.9. The van der Waals surface area contributed by atoms with Gasteiger partial charge in [-0.1, -0.05) is 0 Å². The van der Waals surface area contributed by atoms with Gasteiger partial charge >= 0.3 is 11.9 Å². The van der Waals surface area contributed by atoms with Crippen molar-refractivity contribution in [2.24, 2.45) is 0 Å². The first-order chi connectivity index (χ1) is 19.2. The zero-order valence-corrected chi connectivity index (χ0v) is 23.5. The molecule has 2 aromatic heterocycles. The van der Waals surface area contributed by atoms with E-state index in [2.05, 4.69) is 9.97 Å². The number of ether oxygens (including phenoxy) is 1. The third kappa shape index (κ3) is 5.65. The minimum Gasteiger partial charge on any atom is -0.480 e. The first kappa shape index (κ1) is 28.3. The van der Waals surface area contributed by atoms with E-state index in [1.165, 1.54) is 47.8 Å². The van der Waals surface area contributed by atoms with Crippen molar-refractivity contribution in [2.45, 2.75) is 64.7 Å². The lowest BCUT2D eigenvalue weighted by atomic mass is 9.84. The highest BCUT2D eigenvalue weighted by molar-refractivity contribution is 8.02. The van der Waals surface area contributed by atoms with Crippen molar-refractivity contribution in [1.29, 1.82) is 0 Å². The molecule has 0 amide bonds. The van der Waals surface area contributed by atoms with Gasteiger partial charge in [-0.25, -0.2) is 8.78 Å². The van der Waals surface area contributed by atoms with Crippen LogP contribution in [0.3, 0.4) is 0 Å². The second-order valence-corrected chi connectivity index (χ2v) is 12.7. The molecule has 2 heterocycles. The monoisotopic (exact) mass is 582 g/mol. The van der Waals surface area contributed by atoms with Gasteiger partial charge in [-0.05, 0) is 94.0 Å². The number of carboxylic acid groups (broad SMARTS) is 1. The van der Waals surface area contributed by atoms with Crippen LogP contribution in [0.15, 0.2) is 70.7 Å². The van der Waals surface area contributed by atoms with Crippen molar-refractivity contribution < 1.29 is 28.2 Å². The third-order valence-electron chi connectivity index (χ3n) is 7.30. The Bertz CT molecular complexity index is 1570. The lowest BCUT2D eigenvalue weighted by Crippen LogP contribution is -2.43. The Hall–Kier alpha value is -3.24. The van der Waals surface area contributed by atoms with Crippen LogP contribution in [0.1, 0.15) is 45.4 Å². The number of carbonyl (C=O) groups is 2. The number of hydrogen-bond acceptors (Lipinski definition) is 7. The standard InChI is InChI=1S/C16H16FNO2S.C14H12FNO2S/c1-2-20-15(19)16(7-3-8-16)21-14-6-9-18-13-5-4-11(17)10-12(13)14;15-9-2-3-11-10(8-9)12(4-7-16-11)19-14(13(17)18)5-1-6-14/h4-6,9-10H,2-3,7-8H2,1H3;2-4,7-8H,1,5-6H2,(H,17,18). The van der Waals surface area contributed by atoms with Gasteiger partial charge in [-0.2, -0.15) is 0 Å². The van der Waals surface area contributed by atoms with Crippen LogP contribution in [0.5, 0.6) is 0 Å². The number of esters is 1. The summed E-state index contributed by atoms with van der Waals surface area (Å²) in [7, 11) is 0. The summed E-state index contributed by atoms with van der Waals surface area (Å²) in [5.74, 6) is -1.58. The Labute approximate surface area is 238 Å². The van der Waals surface area contributed by atoms with Gasteiger partial charge in [-0.3, -0.25) is 19.6 Å². The van der Waals surface area contributed by atoms with E-state index in [-0.39, 0.29) is 17.6 Å². The van der Waals surface area contributed by atoms with Crippen molar-refractivity contribution in [3.8, 4) is 0 Å². The van der Waals surface area contributed by atoms with Crippen LogP contribution in [0.2, 0.25) is 0 Å². The fourth-order valence-corrected chi connectivity index (χ4v) is 7.61. The van der Waals surface area contributed by atoms with E-state index in [0.717, 1.165) is 46.4 Å². The summed E-state index contributed by atoms with van der Waals surface area (Å²) < 4.78 is 30.8. The van der Waals surface area contributed by atoms with Crippen LogP contribution in [0, 0.1) is 11.6 Å². The van der Waals surface area contributed by atoms with Crippen molar-refractivity contribution in [2.75, 3.05) is 6.61 Å². The molecule has 10 heteroatoms. The minimum atomic E-state index is -0.787. The van der Waals surface area contributed by atoms with Gasteiger partial charge in [0.15, 0.2) is 0 Å². The molecule has 0 radical (unpaired) electrons. The lowest BCUT2D eigenvalue weighted by molar-refractivity contribution is -0.148. The molecule has 2 aliphatic carbocycles. The second kappa shape index (κ2) is 11.7. The highest BCUT2D eigenvalue weighted by Crippen LogP contribution is 2.50. The van der Waals surface area contributed by atoms with Gasteiger partial charge in [0.1, 0.15) is 21.1 Å². The summed E-state index contributed by atoms with van der Waals surface area (Å²) >= 11 is 2.80. The Balaban J connectivity index is 0.000000162. The lowest BCUT2D eigenvalue weighted by Gasteiger charge is -2.38. The zero-order chi connectivity index (χ0) is 28.3. The normalized spacial score (nSPS) is 16.8. The van der Waals surface area contributed by atoms with Gasteiger partial charge in [0.25, 0.3) is 0 Å². The molecule has 2 fully saturated rings. The smallest absolute Gasteiger partial charge is 0.322 e. The number of aliphatic carboxylic acids is 1. The number of aromatic nitrogens is 2. The quantitative estimate of drug-likeness (QED) is 0.225. The summed E-state index contributed by atoms with van der Waals surface area (Å²) in [6.45, 7) is 2.19. The van der Waals surface area contributed by atoms with Gasteiger partial charge in [0, 0.05) is 33.0 Å². The molecule has 0 spiro atoms. The second-order valence-electron chi connectivity index (χ2n) is 9.87. The molecule has 208 valence electrons. The molecule has 0 bridgehead atoms. The van der Waals surface area contributed by atoms with Crippen LogP contribution in [0.4, 0.5) is 8.78 Å². The molecule has 6 rings (SSSR count).